The maximum atomic E-state index is 12.3. The number of hydrogen-bond acceptors (Lipinski definition) is 3. The SMILES string of the molecule is COc1ccc(N)cc1CNC(=O)c1cccc(C)c1I. The molecule has 3 N–H and O–H groups in total. The zero-order valence-corrected chi connectivity index (χ0v) is 14.1. The fourth-order valence-electron chi connectivity index (χ4n) is 2.03. The number of benzene rings is 2. The van der Waals surface area contributed by atoms with Crippen LogP contribution in [0.15, 0.2) is 36.4 Å². The number of nitrogens with two attached hydrogens (primary N) is 1. The van der Waals surface area contributed by atoms with E-state index in [-0.39, 0.29) is 5.91 Å². The molecule has 0 aliphatic carbocycles. The number of carbonyl (C=O) groups is 1. The van der Waals surface area contributed by atoms with E-state index in [1.807, 2.05) is 25.1 Å². The third kappa shape index (κ3) is 3.66. The molecule has 0 bridgehead atoms. The van der Waals surface area contributed by atoms with E-state index < -0.39 is 0 Å². The lowest BCUT2D eigenvalue weighted by atomic mass is 10.1. The van der Waals surface area contributed by atoms with Gasteiger partial charge in [-0.2, -0.15) is 0 Å². The number of aryl methyl sites for hydroxylation is 1. The Morgan fingerprint density at radius 2 is 2.10 bits per heavy atom. The number of halogens is 1. The average Bonchev–Trinajstić information content (AvgIpc) is 2.47. The summed E-state index contributed by atoms with van der Waals surface area (Å²) in [5, 5.41) is 2.91. The van der Waals surface area contributed by atoms with Crippen LogP contribution in [0, 0.1) is 10.5 Å². The molecule has 1 amide bonds. The first kappa shape index (κ1) is 15.6. The molecule has 0 spiro atoms. The number of anilines is 1. The minimum absolute atomic E-state index is 0.104. The molecular weight excluding hydrogens is 379 g/mol. The third-order valence-corrected chi connectivity index (χ3v) is 4.61. The smallest absolute Gasteiger partial charge is 0.252 e. The third-order valence-electron chi connectivity index (χ3n) is 3.18. The van der Waals surface area contributed by atoms with E-state index in [4.69, 9.17) is 10.5 Å². The van der Waals surface area contributed by atoms with E-state index in [1.165, 1.54) is 0 Å². The van der Waals surface area contributed by atoms with E-state index >= 15 is 0 Å². The predicted molar refractivity (Wildman–Crippen MR) is 92.5 cm³/mol. The van der Waals surface area contributed by atoms with E-state index in [1.54, 1.807) is 25.3 Å². The summed E-state index contributed by atoms with van der Waals surface area (Å²) < 4.78 is 6.24. The molecule has 110 valence electrons. The molecule has 0 saturated carbocycles. The van der Waals surface area contributed by atoms with Crippen molar-refractivity contribution in [3.8, 4) is 5.75 Å². The van der Waals surface area contributed by atoms with Gasteiger partial charge in [-0.15, -0.1) is 0 Å². The lowest BCUT2D eigenvalue weighted by molar-refractivity contribution is 0.0949. The standard InChI is InChI=1S/C16H17IN2O2/c1-10-4-3-5-13(15(10)17)16(20)19-9-11-8-12(18)6-7-14(11)21-2/h3-8H,9,18H2,1-2H3,(H,19,20). The summed E-state index contributed by atoms with van der Waals surface area (Å²) in [5.41, 5.74) is 9.04. The summed E-state index contributed by atoms with van der Waals surface area (Å²) in [5.74, 6) is 0.607. The Morgan fingerprint density at radius 3 is 2.81 bits per heavy atom. The quantitative estimate of drug-likeness (QED) is 0.617. The molecule has 0 unspecified atom stereocenters. The molecule has 4 nitrogen and oxygen atoms in total. The topological polar surface area (TPSA) is 64.3 Å². The maximum Gasteiger partial charge on any atom is 0.252 e. The van der Waals surface area contributed by atoms with E-state index in [0.29, 0.717) is 23.5 Å². The second-order valence-electron chi connectivity index (χ2n) is 4.69. The van der Waals surface area contributed by atoms with E-state index in [0.717, 1.165) is 14.7 Å². The van der Waals surface area contributed by atoms with E-state index in [2.05, 4.69) is 27.9 Å². The van der Waals surface area contributed by atoms with Crippen molar-refractivity contribution in [2.75, 3.05) is 12.8 Å². The Hall–Kier alpha value is -1.76. The molecular formula is C16H17IN2O2. The van der Waals surface area contributed by atoms with Crippen LogP contribution in [0.2, 0.25) is 0 Å². The number of carbonyl (C=O) groups excluding carboxylic acids is 1. The van der Waals surface area contributed by atoms with Crippen LogP contribution in [0.4, 0.5) is 5.69 Å². The van der Waals surface area contributed by atoms with Crippen LogP contribution in [0.3, 0.4) is 0 Å². The number of ether oxygens (including phenoxy) is 1. The molecule has 5 heteroatoms. The van der Waals surface area contributed by atoms with Crippen molar-refractivity contribution in [2.45, 2.75) is 13.5 Å². The van der Waals surface area contributed by atoms with Crippen molar-refractivity contribution < 1.29 is 9.53 Å². The summed E-state index contributed by atoms with van der Waals surface area (Å²) in [6.07, 6.45) is 0. The number of nitrogens with one attached hydrogen (secondary N) is 1. The molecule has 0 heterocycles. The molecule has 2 aromatic rings. The van der Waals surface area contributed by atoms with Crippen LogP contribution in [0.5, 0.6) is 5.75 Å². The normalized spacial score (nSPS) is 10.2. The molecule has 21 heavy (non-hydrogen) atoms. The Morgan fingerprint density at radius 1 is 1.33 bits per heavy atom. The van der Waals surface area contributed by atoms with Crippen LogP contribution < -0.4 is 15.8 Å². The number of amides is 1. The number of rotatable bonds is 4. The fraction of sp³-hybridized carbons (Fsp3) is 0.188. The Labute approximate surface area is 137 Å². The van der Waals surface area contributed by atoms with Crippen LogP contribution >= 0.6 is 22.6 Å². The van der Waals surface area contributed by atoms with E-state index in [9.17, 15) is 4.79 Å². The second kappa shape index (κ2) is 6.80. The zero-order valence-electron chi connectivity index (χ0n) is 11.9. The summed E-state index contributed by atoms with van der Waals surface area (Å²) in [4.78, 5) is 12.3. The van der Waals surface area contributed by atoms with Gasteiger partial charge in [0, 0.05) is 21.4 Å². The van der Waals surface area contributed by atoms with Gasteiger partial charge in [-0.1, -0.05) is 12.1 Å². The molecule has 2 aromatic carbocycles. The first-order chi connectivity index (χ1) is 10.0. The van der Waals surface area contributed by atoms with Crippen molar-refractivity contribution in [1.82, 2.24) is 5.32 Å². The number of methoxy groups -OCH3 is 1. The van der Waals surface area contributed by atoms with Gasteiger partial charge in [-0.25, -0.2) is 0 Å². The monoisotopic (exact) mass is 396 g/mol. The van der Waals surface area contributed by atoms with Gasteiger partial charge < -0.3 is 15.8 Å². The van der Waals surface area contributed by atoms with Crippen molar-refractivity contribution in [3.63, 3.8) is 0 Å². The molecule has 0 radical (unpaired) electrons. The second-order valence-corrected chi connectivity index (χ2v) is 5.77. The molecule has 0 saturated heterocycles. The highest BCUT2D eigenvalue weighted by atomic mass is 127. The highest BCUT2D eigenvalue weighted by molar-refractivity contribution is 14.1. The minimum atomic E-state index is -0.104. The van der Waals surface area contributed by atoms with Gasteiger partial charge in [0.15, 0.2) is 0 Å². The highest BCUT2D eigenvalue weighted by Crippen LogP contribution is 2.21. The van der Waals surface area contributed by atoms with Crippen LogP contribution in [-0.4, -0.2) is 13.0 Å². The van der Waals surface area contributed by atoms with Gasteiger partial charge in [0.1, 0.15) is 5.75 Å². The molecule has 0 atom stereocenters. The van der Waals surface area contributed by atoms with Crippen LogP contribution in [-0.2, 0) is 6.54 Å². The van der Waals surface area contributed by atoms with Crippen molar-refractivity contribution in [3.05, 3.63) is 56.7 Å². The summed E-state index contributed by atoms with van der Waals surface area (Å²) in [7, 11) is 1.60. The summed E-state index contributed by atoms with van der Waals surface area (Å²) in [6, 6.07) is 11.1. The highest BCUT2D eigenvalue weighted by Gasteiger charge is 2.12. The lowest BCUT2D eigenvalue weighted by Crippen LogP contribution is -2.24. The minimum Gasteiger partial charge on any atom is -0.496 e. The summed E-state index contributed by atoms with van der Waals surface area (Å²) >= 11 is 2.19. The summed E-state index contributed by atoms with van der Waals surface area (Å²) in [6.45, 7) is 2.36. The van der Waals surface area contributed by atoms with Crippen LogP contribution in [0.25, 0.3) is 0 Å². The van der Waals surface area contributed by atoms with Gasteiger partial charge in [0.05, 0.1) is 12.7 Å². The Bertz CT molecular complexity index is 671. The lowest BCUT2D eigenvalue weighted by Gasteiger charge is -2.12. The maximum absolute atomic E-state index is 12.3. The predicted octanol–water partition coefficient (Wildman–Crippen LogP) is 3.12. The van der Waals surface area contributed by atoms with Gasteiger partial charge in [-0.05, 0) is 59.3 Å². The Balaban J connectivity index is 2.15. The average molecular weight is 396 g/mol. The van der Waals surface area contributed by atoms with Gasteiger partial charge >= 0.3 is 0 Å². The molecule has 0 aliphatic heterocycles. The first-order valence-electron chi connectivity index (χ1n) is 6.48. The Kier molecular flexibility index (Phi) is 5.06. The van der Waals surface area contributed by atoms with Crippen molar-refractivity contribution in [1.29, 1.82) is 0 Å². The van der Waals surface area contributed by atoms with Gasteiger partial charge in [-0.3, -0.25) is 4.79 Å². The van der Waals surface area contributed by atoms with Crippen LogP contribution in [0.1, 0.15) is 21.5 Å². The first-order valence-corrected chi connectivity index (χ1v) is 7.56. The molecule has 0 aliphatic rings. The van der Waals surface area contributed by atoms with Crippen molar-refractivity contribution in [2.24, 2.45) is 0 Å². The molecule has 2 rings (SSSR count). The van der Waals surface area contributed by atoms with Crippen molar-refractivity contribution >= 4 is 34.2 Å². The molecule has 0 fully saturated rings. The number of hydrogen-bond donors (Lipinski definition) is 2. The number of nitrogen functional groups attached to an aromatic ring is 1. The molecule has 0 aromatic heterocycles. The van der Waals surface area contributed by atoms with Gasteiger partial charge in [0.25, 0.3) is 5.91 Å². The fourth-order valence-corrected chi connectivity index (χ4v) is 2.63. The zero-order chi connectivity index (χ0) is 15.4. The van der Waals surface area contributed by atoms with Gasteiger partial charge in [0.2, 0.25) is 0 Å². The largest absolute Gasteiger partial charge is 0.496 e.